The molecule has 0 aliphatic rings. The lowest BCUT2D eigenvalue weighted by Crippen LogP contribution is -2.02. The molecule has 0 atom stereocenters. The summed E-state index contributed by atoms with van der Waals surface area (Å²) in [5.74, 6) is 0.623. The van der Waals surface area contributed by atoms with E-state index in [0.717, 1.165) is 29.2 Å². The lowest BCUT2D eigenvalue weighted by atomic mass is 10.3. The summed E-state index contributed by atoms with van der Waals surface area (Å²) in [6.45, 7) is 4.33. The monoisotopic (exact) mass is 278 g/mol. The van der Waals surface area contributed by atoms with E-state index in [4.69, 9.17) is 4.74 Å². The van der Waals surface area contributed by atoms with E-state index in [0.29, 0.717) is 18.1 Å². The van der Waals surface area contributed by atoms with Crippen molar-refractivity contribution in [3.63, 3.8) is 0 Å². The summed E-state index contributed by atoms with van der Waals surface area (Å²) in [6, 6.07) is 3.71. The molecule has 0 unspecified atom stereocenters. The number of pyridine rings is 1. The van der Waals surface area contributed by atoms with Crippen molar-refractivity contribution in [3.8, 4) is 5.75 Å². The summed E-state index contributed by atoms with van der Waals surface area (Å²) in [5, 5.41) is 12.4. The minimum Gasteiger partial charge on any atom is -0.485 e. The van der Waals surface area contributed by atoms with Gasteiger partial charge in [0, 0.05) is 11.1 Å². The lowest BCUT2D eigenvalue weighted by molar-refractivity contribution is 0.252. The third-order valence-electron chi connectivity index (χ3n) is 2.66. The van der Waals surface area contributed by atoms with E-state index < -0.39 is 0 Å². The highest BCUT2D eigenvalue weighted by Gasteiger charge is 2.07. The zero-order chi connectivity index (χ0) is 13.7. The van der Waals surface area contributed by atoms with Gasteiger partial charge in [-0.2, -0.15) is 0 Å². The molecule has 102 valence electrons. The summed E-state index contributed by atoms with van der Waals surface area (Å²) in [7, 11) is 0. The largest absolute Gasteiger partial charge is 0.485 e. The number of aryl methyl sites for hydroxylation is 2. The topological polar surface area (TPSA) is 55.2 Å². The van der Waals surface area contributed by atoms with Gasteiger partial charge in [0.15, 0.2) is 0 Å². The van der Waals surface area contributed by atoms with E-state index in [-0.39, 0.29) is 6.61 Å². The van der Waals surface area contributed by atoms with Gasteiger partial charge in [-0.3, -0.25) is 4.98 Å². The average molecular weight is 278 g/mol. The number of aliphatic hydroxyl groups is 1. The molecule has 2 rings (SSSR count). The molecule has 0 fully saturated rings. The van der Waals surface area contributed by atoms with Crippen LogP contribution < -0.4 is 4.74 Å². The average Bonchev–Trinajstić information content (AvgIpc) is 2.85. The minimum atomic E-state index is -0.116. The summed E-state index contributed by atoms with van der Waals surface area (Å²) in [6.07, 6.45) is 2.11. The molecule has 0 aliphatic heterocycles. The Hall–Kier alpha value is -1.46. The summed E-state index contributed by atoms with van der Waals surface area (Å²) in [4.78, 5) is 8.74. The molecule has 2 heterocycles. The molecule has 5 heteroatoms. The van der Waals surface area contributed by atoms with Gasteiger partial charge in [0.2, 0.25) is 0 Å². The second kappa shape index (κ2) is 6.63. The van der Waals surface area contributed by atoms with E-state index in [1.54, 1.807) is 11.3 Å². The molecule has 0 amide bonds. The Morgan fingerprint density at radius 2 is 2.16 bits per heavy atom. The minimum absolute atomic E-state index is 0.116. The van der Waals surface area contributed by atoms with Crippen LogP contribution in [0.15, 0.2) is 17.5 Å². The van der Waals surface area contributed by atoms with Crippen LogP contribution in [-0.2, 0) is 19.6 Å². The first-order chi connectivity index (χ1) is 9.22. The van der Waals surface area contributed by atoms with Crippen LogP contribution in [0.1, 0.15) is 35.4 Å². The first-order valence-electron chi connectivity index (χ1n) is 6.36. The molecule has 0 bridgehead atoms. The molecule has 2 aromatic rings. The third kappa shape index (κ3) is 3.75. The predicted molar refractivity (Wildman–Crippen MR) is 75.3 cm³/mol. The Balaban J connectivity index is 2.01. The summed E-state index contributed by atoms with van der Waals surface area (Å²) >= 11 is 1.67. The van der Waals surface area contributed by atoms with Gasteiger partial charge >= 0.3 is 0 Å². The number of ether oxygens (including phenoxy) is 1. The molecule has 0 spiro atoms. The molecular weight excluding hydrogens is 260 g/mol. The molecule has 0 aromatic carbocycles. The lowest BCUT2D eigenvalue weighted by Gasteiger charge is -2.08. The van der Waals surface area contributed by atoms with Crippen molar-refractivity contribution in [1.82, 2.24) is 9.97 Å². The van der Waals surface area contributed by atoms with Gasteiger partial charge in [-0.25, -0.2) is 4.98 Å². The van der Waals surface area contributed by atoms with Crippen LogP contribution in [-0.4, -0.2) is 15.1 Å². The van der Waals surface area contributed by atoms with Gasteiger partial charge in [-0.15, -0.1) is 11.3 Å². The Labute approximate surface area is 117 Å². The molecular formula is C14H18N2O2S. The number of rotatable bonds is 6. The fourth-order valence-corrected chi connectivity index (χ4v) is 2.62. The highest BCUT2D eigenvalue weighted by atomic mass is 32.1. The van der Waals surface area contributed by atoms with Crippen molar-refractivity contribution in [3.05, 3.63) is 39.6 Å². The summed E-state index contributed by atoms with van der Waals surface area (Å²) < 4.78 is 5.68. The van der Waals surface area contributed by atoms with Crippen LogP contribution in [0.4, 0.5) is 0 Å². The fourth-order valence-electron chi connectivity index (χ4n) is 1.74. The van der Waals surface area contributed by atoms with E-state index in [2.05, 4.69) is 16.9 Å². The van der Waals surface area contributed by atoms with Crippen molar-refractivity contribution in [1.29, 1.82) is 0 Å². The number of aliphatic hydroxyl groups excluding tert-OH is 1. The number of aromatic nitrogens is 2. The number of hydrogen-bond acceptors (Lipinski definition) is 5. The first-order valence-corrected chi connectivity index (χ1v) is 7.24. The summed E-state index contributed by atoms with van der Waals surface area (Å²) in [5.41, 5.74) is 2.37. The second-order valence-corrected chi connectivity index (χ2v) is 5.27. The fraction of sp³-hybridized carbons (Fsp3) is 0.429. The van der Waals surface area contributed by atoms with Crippen LogP contribution in [0.5, 0.6) is 5.75 Å². The van der Waals surface area contributed by atoms with Crippen molar-refractivity contribution >= 4 is 11.3 Å². The van der Waals surface area contributed by atoms with Gasteiger partial charge < -0.3 is 9.84 Å². The van der Waals surface area contributed by atoms with Crippen LogP contribution in [0.3, 0.4) is 0 Å². The highest BCUT2D eigenvalue weighted by Crippen LogP contribution is 2.19. The number of nitrogens with zero attached hydrogens (tertiary/aromatic N) is 2. The molecule has 2 aromatic heterocycles. The van der Waals surface area contributed by atoms with E-state index in [1.165, 1.54) is 0 Å². The van der Waals surface area contributed by atoms with Crippen molar-refractivity contribution in [2.45, 2.75) is 39.9 Å². The third-order valence-corrected chi connectivity index (χ3v) is 3.62. The Morgan fingerprint density at radius 1 is 1.32 bits per heavy atom. The molecule has 1 N–H and O–H groups in total. The smallest absolute Gasteiger partial charge is 0.143 e. The maximum absolute atomic E-state index is 9.26. The molecule has 0 saturated carbocycles. The van der Waals surface area contributed by atoms with Gasteiger partial charge in [0.25, 0.3) is 0 Å². The van der Waals surface area contributed by atoms with Crippen molar-refractivity contribution in [2.75, 3.05) is 0 Å². The zero-order valence-electron chi connectivity index (χ0n) is 11.2. The number of hydrogen-bond donors (Lipinski definition) is 1. The highest BCUT2D eigenvalue weighted by molar-refractivity contribution is 7.09. The van der Waals surface area contributed by atoms with Crippen LogP contribution in [0.2, 0.25) is 0 Å². The van der Waals surface area contributed by atoms with Crippen LogP contribution >= 0.6 is 11.3 Å². The Bertz CT molecular complexity index is 540. The van der Waals surface area contributed by atoms with E-state index in [9.17, 15) is 5.11 Å². The second-order valence-electron chi connectivity index (χ2n) is 4.33. The quantitative estimate of drug-likeness (QED) is 0.882. The van der Waals surface area contributed by atoms with Crippen LogP contribution in [0, 0.1) is 6.92 Å². The van der Waals surface area contributed by atoms with Gasteiger partial charge in [0.05, 0.1) is 17.3 Å². The number of thiazole rings is 1. The van der Waals surface area contributed by atoms with Crippen molar-refractivity contribution < 1.29 is 9.84 Å². The molecule has 0 saturated heterocycles. The maximum atomic E-state index is 9.26. The maximum Gasteiger partial charge on any atom is 0.143 e. The zero-order valence-corrected chi connectivity index (χ0v) is 12.0. The SMILES string of the molecule is CCCc1nc(COc2ccc(C)nc2CO)cs1. The predicted octanol–water partition coefficient (Wildman–Crippen LogP) is 2.87. The van der Waals surface area contributed by atoms with E-state index >= 15 is 0 Å². The van der Waals surface area contributed by atoms with E-state index in [1.807, 2.05) is 24.4 Å². The first kappa shape index (κ1) is 14.0. The van der Waals surface area contributed by atoms with Gasteiger partial charge in [-0.1, -0.05) is 6.92 Å². The molecule has 4 nitrogen and oxygen atoms in total. The molecule has 0 aliphatic carbocycles. The normalized spacial score (nSPS) is 10.7. The molecule has 19 heavy (non-hydrogen) atoms. The molecule has 0 radical (unpaired) electrons. The van der Waals surface area contributed by atoms with Gasteiger partial charge in [0.1, 0.15) is 18.1 Å². The van der Waals surface area contributed by atoms with Crippen LogP contribution in [0.25, 0.3) is 0 Å². The van der Waals surface area contributed by atoms with Crippen molar-refractivity contribution in [2.24, 2.45) is 0 Å². The standard InChI is InChI=1S/C14H18N2O2S/c1-3-4-14-16-11(9-19-14)8-18-13-6-5-10(2)15-12(13)7-17/h5-6,9,17H,3-4,7-8H2,1-2H3. The Kier molecular flexibility index (Phi) is 4.87. The van der Waals surface area contributed by atoms with Gasteiger partial charge in [-0.05, 0) is 31.9 Å². The Morgan fingerprint density at radius 3 is 2.89 bits per heavy atom.